The Kier molecular flexibility index (Phi) is 4.05. The summed E-state index contributed by atoms with van der Waals surface area (Å²) in [5.74, 6) is 0.768. The van der Waals surface area contributed by atoms with Crippen LogP contribution >= 0.6 is 0 Å². The van der Waals surface area contributed by atoms with Crippen molar-refractivity contribution >= 4 is 17.1 Å². The zero-order valence-corrected chi connectivity index (χ0v) is 11.6. The highest BCUT2D eigenvalue weighted by Crippen LogP contribution is 2.27. The molecular weight excluding hydrogens is 270 g/mol. The summed E-state index contributed by atoms with van der Waals surface area (Å²) in [7, 11) is 1.60. The number of nitro benzene ring substituents is 1. The maximum Gasteiger partial charge on any atom is 0.270 e. The number of anilines is 2. The van der Waals surface area contributed by atoms with Gasteiger partial charge < -0.3 is 10.1 Å². The number of non-ortho nitro benzene ring substituents is 1. The third-order valence-electron chi connectivity index (χ3n) is 3.01. The van der Waals surface area contributed by atoms with E-state index in [0.717, 1.165) is 17.0 Å². The molecule has 0 unspecified atom stereocenters. The molecule has 2 rings (SSSR count). The van der Waals surface area contributed by atoms with Crippen LogP contribution in [-0.2, 0) is 0 Å². The summed E-state index contributed by atoms with van der Waals surface area (Å²) >= 11 is 0. The van der Waals surface area contributed by atoms with Crippen LogP contribution in [0.1, 0.15) is 11.1 Å². The largest absolute Gasteiger partial charge is 0.496 e. The summed E-state index contributed by atoms with van der Waals surface area (Å²) < 4.78 is 5.18. The molecule has 0 aliphatic carbocycles. The summed E-state index contributed by atoms with van der Waals surface area (Å²) in [6.45, 7) is 1.91. The highest BCUT2D eigenvalue weighted by atomic mass is 16.6. The molecule has 0 bridgehead atoms. The van der Waals surface area contributed by atoms with E-state index in [4.69, 9.17) is 10.00 Å². The van der Waals surface area contributed by atoms with Gasteiger partial charge in [-0.2, -0.15) is 5.26 Å². The standard InChI is InChI=1S/C15H13N3O3/c1-10-7-12(3-6-15(10)21-2)17-14-5-4-13(18(19)20)8-11(14)9-16/h3-8,17H,1-2H3. The van der Waals surface area contributed by atoms with E-state index in [2.05, 4.69) is 5.32 Å². The smallest absolute Gasteiger partial charge is 0.270 e. The summed E-state index contributed by atoms with van der Waals surface area (Å²) in [5, 5.41) is 22.9. The van der Waals surface area contributed by atoms with Gasteiger partial charge in [0.05, 0.1) is 23.3 Å². The van der Waals surface area contributed by atoms with Crippen molar-refractivity contribution in [3.8, 4) is 11.8 Å². The van der Waals surface area contributed by atoms with Gasteiger partial charge in [-0.3, -0.25) is 10.1 Å². The van der Waals surface area contributed by atoms with Gasteiger partial charge in [-0.1, -0.05) is 0 Å². The topological polar surface area (TPSA) is 88.2 Å². The lowest BCUT2D eigenvalue weighted by Gasteiger charge is -2.11. The van der Waals surface area contributed by atoms with E-state index in [0.29, 0.717) is 5.69 Å². The number of nitro groups is 1. The van der Waals surface area contributed by atoms with E-state index in [1.807, 2.05) is 31.2 Å². The molecule has 0 atom stereocenters. The summed E-state index contributed by atoms with van der Waals surface area (Å²) in [6.07, 6.45) is 0. The minimum atomic E-state index is -0.526. The van der Waals surface area contributed by atoms with Crippen molar-refractivity contribution < 1.29 is 9.66 Å². The van der Waals surface area contributed by atoms with Gasteiger partial charge in [0.25, 0.3) is 5.69 Å². The van der Waals surface area contributed by atoms with Crippen LogP contribution in [0.15, 0.2) is 36.4 Å². The average molecular weight is 283 g/mol. The van der Waals surface area contributed by atoms with Crippen LogP contribution in [0.4, 0.5) is 17.1 Å². The van der Waals surface area contributed by atoms with Crippen LogP contribution in [0.5, 0.6) is 5.75 Å². The fraction of sp³-hybridized carbons (Fsp3) is 0.133. The minimum Gasteiger partial charge on any atom is -0.496 e. The normalized spacial score (nSPS) is 9.76. The number of methoxy groups -OCH3 is 1. The molecule has 0 aromatic heterocycles. The van der Waals surface area contributed by atoms with Gasteiger partial charge in [0, 0.05) is 17.8 Å². The number of nitrogens with one attached hydrogen (secondary N) is 1. The van der Waals surface area contributed by atoms with E-state index in [9.17, 15) is 10.1 Å². The Morgan fingerprint density at radius 2 is 2.05 bits per heavy atom. The third kappa shape index (κ3) is 3.09. The quantitative estimate of drug-likeness (QED) is 0.685. The lowest BCUT2D eigenvalue weighted by molar-refractivity contribution is -0.384. The molecule has 0 spiro atoms. The van der Waals surface area contributed by atoms with E-state index in [1.165, 1.54) is 18.2 Å². The average Bonchev–Trinajstić information content (AvgIpc) is 2.47. The number of hydrogen-bond acceptors (Lipinski definition) is 5. The fourth-order valence-corrected chi connectivity index (χ4v) is 1.96. The molecule has 0 radical (unpaired) electrons. The Morgan fingerprint density at radius 3 is 2.62 bits per heavy atom. The van der Waals surface area contributed by atoms with E-state index in [1.54, 1.807) is 7.11 Å². The number of hydrogen-bond donors (Lipinski definition) is 1. The monoisotopic (exact) mass is 283 g/mol. The van der Waals surface area contributed by atoms with E-state index in [-0.39, 0.29) is 11.3 Å². The van der Waals surface area contributed by atoms with Crippen molar-refractivity contribution in [1.82, 2.24) is 0 Å². The number of benzene rings is 2. The van der Waals surface area contributed by atoms with Gasteiger partial charge in [0.15, 0.2) is 0 Å². The number of rotatable bonds is 4. The van der Waals surface area contributed by atoms with Gasteiger partial charge in [0.1, 0.15) is 11.8 Å². The van der Waals surface area contributed by atoms with Crippen molar-refractivity contribution in [2.75, 3.05) is 12.4 Å². The first-order valence-corrected chi connectivity index (χ1v) is 6.15. The maximum atomic E-state index is 10.7. The molecule has 6 nitrogen and oxygen atoms in total. The Bertz CT molecular complexity index is 735. The predicted molar refractivity (Wildman–Crippen MR) is 78.8 cm³/mol. The molecule has 0 aliphatic rings. The van der Waals surface area contributed by atoms with E-state index < -0.39 is 4.92 Å². The van der Waals surface area contributed by atoms with Crippen LogP contribution in [0.25, 0.3) is 0 Å². The molecule has 2 aromatic rings. The summed E-state index contributed by atoms with van der Waals surface area (Å²) in [5.41, 5.74) is 2.36. The number of ether oxygens (including phenoxy) is 1. The van der Waals surface area contributed by atoms with Crippen LogP contribution < -0.4 is 10.1 Å². The van der Waals surface area contributed by atoms with Gasteiger partial charge in [-0.05, 0) is 36.8 Å². The number of nitriles is 1. The zero-order chi connectivity index (χ0) is 15.4. The highest BCUT2D eigenvalue weighted by Gasteiger charge is 2.11. The highest BCUT2D eigenvalue weighted by molar-refractivity contribution is 5.69. The second-order valence-corrected chi connectivity index (χ2v) is 4.41. The molecule has 0 aliphatic heterocycles. The van der Waals surface area contributed by atoms with Crippen LogP contribution in [0.3, 0.4) is 0 Å². The molecule has 0 fully saturated rings. The van der Waals surface area contributed by atoms with Crippen molar-refractivity contribution in [2.45, 2.75) is 6.92 Å². The Hall–Kier alpha value is -3.07. The fourth-order valence-electron chi connectivity index (χ4n) is 1.96. The molecule has 106 valence electrons. The molecule has 0 amide bonds. The van der Waals surface area contributed by atoms with Crippen molar-refractivity contribution in [3.63, 3.8) is 0 Å². The first kappa shape index (κ1) is 14.3. The SMILES string of the molecule is COc1ccc(Nc2ccc([N+](=O)[O-])cc2C#N)cc1C. The van der Waals surface area contributed by atoms with Crippen molar-refractivity contribution in [2.24, 2.45) is 0 Å². The molecular formula is C15H13N3O3. The second kappa shape index (κ2) is 5.92. The number of nitrogens with zero attached hydrogens (tertiary/aromatic N) is 2. The molecule has 0 heterocycles. The van der Waals surface area contributed by atoms with Crippen molar-refractivity contribution in [3.05, 3.63) is 57.6 Å². The second-order valence-electron chi connectivity index (χ2n) is 4.41. The molecule has 6 heteroatoms. The van der Waals surface area contributed by atoms with Gasteiger partial charge in [0.2, 0.25) is 0 Å². The van der Waals surface area contributed by atoms with E-state index >= 15 is 0 Å². The first-order valence-electron chi connectivity index (χ1n) is 6.15. The van der Waals surface area contributed by atoms with Crippen LogP contribution in [0.2, 0.25) is 0 Å². The molecule has 0 saturated heterocycles. The maximum absolute atomic E-state index is 10.7. The predicted octanol–water partition coefficient (Wildman–Crippen LogP) is 3.53. The molecule has 2 aromatic carbocycles. The van der Waals surface area contributed by atoms with Crippen LogP contribution in [-0.4, -0.2) is 12.0 Å². The number of aryl methyl sites for hydroxylation is 1. The van der Waals surface area contributed by atoms with Gasteiger partial charge in [-0.25, -0.2) is 0 Å². The lowest BCUT2D eigenvalue weighted by Crippen LogP contribution is -1.97. The lowest BCUT2D eigenvalue weighted by atomic mass is 10.1. The van der Waals surface area contributed by atoms with Gasteiger partial charge >= 0.3 is 0 Å². The third-order valence-corrected chi connectivity index (χ3v) is 3.01. The molecule has 1 N–H and O–H groups in total. The minimum absolute atomic E-state index is 0.108. The summed E-state index contributed by atoms with van der Waals surface area (Å²) in [4.78, 5) is 10.2. The first-order chi connectivity index (χ1) is 10.0. The Balaban J connectivity index is 2.33. The molecule has 0 saturated carbocycles. The van der Waals surface area contributed by atoms with Crippen LogP contribution in [0, 0.1) is 28.4 Å². The van der Waals surface area contributed by atoms with Crippen molar-refractivity contribution in [1.29, 1.82) is 5.26 Å². The summed E-state index contributed by atoms with van der Waals surface area (Å²) in [6, 6.07) is 11.6. The molecule has 21 heavy (non-hydrogen) atoms. The van der Waals surface area contributed by atoms with Gasteiger partial charge in [-0.15, -0.1) is 0 Å². The Morgan fingerprint density at radius 1 is 1.29 bits per heavy atom. The zero-order valence-electron chi connectivity index (χ0n) is 11.6. The Labute approximate surface area is 121 Å².